The zero-order valence-corrected chi connectivity index (χ0v) is 9.53. The molecule has 2 aromatic rings. The second-order valence-electron chi connectivity index (χ2n) is 3.53. The minimum absolute atomic E-state index is 0.00736. The topological polar surface area (TPSA) is 43.8 Å². The summed E-state index contributed by atoms with van der Waals surface area (Å²) in [5.41, 5.74) is 5.88. The highest BCUT2D eigenvalue weighted by Gasteiger charge is 2.18. The monoisotopic (exact) mass is 257 g/mol. The Labute approximate surface area is 102 Å². The average molecular weight is 258 g/mol. The van der Waals surface area contributed by atoms with Crippen molar-refractivity contribution in [1.29, 1.82) is 0 Å². The van der Waals surface area contributed by atoms with Crippen LogP contribution in [0.3, 0.4) is 0 Å². The molecular formula is C11H10ClF2N3. The van der Waals surface area contributed by atoms with E-state index in [4.69, 9.17) is 17.3 Å². The molecule has 0 atom stereocenters. The molecule has 0 amide bonds. The van der Waals surface area contributed by atoms with E-state index in [0.717, 1.165) is 5.56 Å². The van der Waals surface area contributed by atoms with Gasteiger partial charge in [0, 0.05) is 5.02 Å². The maximum Gasteiger partial charge on any atom is 0.282 e. The van der Waals surface area contributed by atoms with Crippen LogP contribution in [0.25, 0.3) is 0 Å². The van der Waals surface area contributed by atoms with E-state index in [9.17, 15) is 8.78 Å². The lowest BCUT2D eigenvalue weighted by Gasteiger charge is -2.08. The molecule has 0 aliphatic heterocycles. The number of benzene rings is 1. The number of nitrogen functional groups attached to an aromatic ring is 1. The third-order valence-corrected chi connectivity index (χ3v) is 2.76. The van der Waals surface area contributed by atoms with E-state index in [1.807, 2.05) is 0 Å². The van der Waals surface area contributed by atoms with Gasteiger partial charge in [0.2, 0.25) is 0 Å². The van der Waals surface area contributed by atoms with Crippen molar-refractivity contribution in [2.45, 2.75) is 13.0 Å². The molecule has 1 aromatic heterocycles. The molecule has 0 fully saturated rings. The first-order valence-electron chi connectivity index (χ1n) is 4.92. The summed E-state index contributed by atoms with van der Waals surface area (Å²) < 4.78 is 26.7. The lowest BCUT2D eigenvalue weighted by atomic mass is 10.2. The van der Waals surface area contributed by atoms with E-state index < -0.39 is 6.43 Å². The molecule has 0 radical (unpaired) electrons. The largest absolute Gasteiger partial charge is 0.396 e. The van der Waals surface area contributed by atoms with Gasteiger partial charge in [-0.3, -0.25) is 4.68 Å². The molecule has 0 aliphatic carbocycles. The van der Waals surface area contributed by atoms with Crippen molar-refractivity contribution in [3.05, 3.63) is 46.7 Å². The van der Waals surface area contributed by atoms with E-state index in [0.29, 0.717) is 5.02 Å². The SMILES string of the molecule is Nc1cnn(Cc2ccccc2Cl)c1C(F)F. The van der Waals surface area contributed by atoms with Crippen LogP contribution in [0.5, 0.6) is 0 Å². The van der Waals surface area contributed by atoms with Crippen molar-refractivity contribution in [3.8, 4) is 0 Å². The zero-order valence-electron chi connectivity index (χ0n) is 8.78. The van der Waals surface area contributed by atoms with Crippen molar-refractivity contribution in [2.24, 2.45) is 0 Å². The van der Waals surface area contributed by atoms with Crippen molar-refractivity contribution < 1.29 is 8.78 Å². The van der Waals surface area contributed by atoms with Crippen LogP contribution in [0.1, 0.15) is 17.7 Å². The van der Waals surface area contributed by atoms with E-state index >= 15 is 0 Å². The zero-order chi connectivity index (χ0) is 12.4. The lowest BCUT2D eigenvalue weighted by molar-refractivity contribution is 0.140. The van der Waals surface area contributed by atoms with Gasteiger partial charge in [0.25, 0.3) is 6.43 Å². The molecule has 0 aliphatic rings. The van der Waals surface area contributed by atoms with Gasteiger partial charge in [0.05, 0.1) is 18.4 Å². The van der Waals surface area contributed by atoms with Gasteiger partial charge in [-0.2, -0.15) is 5.10 Å². The number of aromatic nitrogens is 2. The van der Waals surface area contributed by atoms with Gasteiger partial charge in [-0.1, -0.05) is 29.8 Å². The number of rotatable bonds is 3. The number of halogens is 3. The summed E-state index contributed by atoms with van der Waals surface area (Å²) in [7, 11) is 0. The summed E-state index contributed by atoms with van der Waals surface area (Å²) in [4.78, 5) is 0. The first-order valence-corrected chi connectivity index (χ1v) is 5.30. The smallest absolute Gasteiger partial charge is 0.282 e. The fraction of sp³-hybridized carbons (Fsp3) is 0.182. The molecule has 6 heteroatoms. The van der Waals surface area contributed by atoms with Gasteiger partial charge in [0.15, 0.2) is 0 Å². The van der Waals surface area contributed by atoms with Crippen molar-refractivity contribution in [3.63, 3.8) is 0 Å². The second-order valence-corrected chi connectivity index (χ2v) is 3.94. The number of nitrogens with two attached hydrogens (primary N) is 1. The Bertz CT molecular complexity index is 525. The van der Waals surface area contributed by atoms with E-state index in [1.54, 1.807) is 24.3 Å². The predicted molar refractivity (Wildman–Crippen MR) is 62.2 cm³/mol. The van der Waals surface area contributed by atoms with Crippen LogP contribution < -0.4 is 5.73 Å². The molecule has 0 saturated heterocycles. The molecule has 3 nitrogen and oxygen atoms in total. The van der Waals surface area contributed by atoms with Crippen LogP contribution in [0.4, 0.5) is 14.5 Å². The van der Waals surface area contributed by atoms with Crippen LogP contribution in [-0.2, 0) is 6.54 Å². The van der Waals surface area contributed by atoms with Gasteiger partial charge in [-0.05, 0) is 11.6 Å². The highest BCUT2D eigenvalue weighted by Crippen LogP contribution is 2.26. The number of hydrogen-bond acceptors (Lipinski definition) is 2. The quantitative estimate of drug-likeness (QED) is 0.918. The van der Waals surface area contributed by atoms with Crippen LogP contribution in [0.2, 0.25) is 5.02 Å². The molecule has 1 heterocycles. The molecule has 0 saturated carbocycles. The van der Waals surface area contributed by atoms with Crippen molar-refractivity contribution >= 4 is 17.3 Å². The Kier molecular flexibility index (Phi) is 3.28. The van der Waals surface area contributed by atoms with Crippen molar-refractivity contribution in [1.82, 2.24) is 9.78 Å². The standard InChI is InChI=1S/C11H10ClF2N3/c12-8-4-2-1-3-7(8)6-17-10(11(13)14)9(15)5-16-17/h1-5,11H,6,15H2. The number of anilines is 1. The maximum atomic E-state index is 12.8. The Morgan fingerprint density at radius 1 is 1.35 bits per heavy atom. The molecular weight excluding hydrogens is 248 g/mol. The van der Waals surface area contributed by atoms with Gasteiger partial charge in [-0.15, -0.1) is 0 Å². The first-order chi connectivity index (χ1) is 8.09. The fourth-order valence-electron chi connectivity index (χ4n) is 1.56. The van der Waals surface area contributed by atoms with Gasteiger partial charge < -0.3 is 5.73 Å². The van der Waals surface area contributed by atoms with Gasteiger partial charge >= 0.3 is 0 Å². The van der Waals surface area contributed by atoms with Gasteiger partial charge in [-0.25, -0.2) is 8.78 Å². The lowest BCUT2D eigenvalue weighted by Crippen LogP contribution is -2.08. The number of nitrogens with zero attached hydrogens (tertiary/aromatic N) is 2. The fourth-order valence-corrected chi connectivity index (χ4v) is 1.76. The summed E-state index contributed by atoms with van der Waals surface area (Å²) in [6.45, 7) is 0.177. The molecule has 0 unspecified atom stereocenters. The van der Waals surface area contributed by atoms with Crippen LogP contribution in [0, 0.1) is 0 Å². The Hall–Kier alpha value is -1.62. The molecule has 0 spiro atoms. The molecule has 1 aromatic carbocycles. The Balaban J connectivity index is 2.34. The highest BCUT2D eigenvalue weighted by atomic mass is 35.5. The molecule has 2 N–H and O–H groups in total. The average Bonchev–Trinajstić information content (AvgIpc) is 2.63. The maximum absolute atomic E-state index is 12.8. The minimum Gasteiger partial charge on any atom is -0.396 e. The number of hydrogen-bond donors (Lipinski definition) is 1. The highest BCUT2D eigenvalue weighted by molar-refractivity contribution is 6.31. The summed E-state index contributed by atoms with van der Waals surface area (Å²) in [6, 6.07) is 7.02. The number of alkyl halides is 2. The van der Waals surface area contributed by atoms with E-state index in [2.05, 4.69) is 5.10 Å². The van der Waals surface area contributed by atoms with Crippen LogP contribution in [0.15, 0.2) is 30.5 Å². The minimum atomic E-state index is -2.65. The molecule has 17 heavy (non-hydrogen) atoms. The van der Waals surface area contributed by atoms with Crippen LogP contribution in [-0.4, -0.2) is 9.78 Å². The Morgan fingerprint density at radius 3 is 2.71 bits per heavy atom. The normalized spacial score (nSPS) is 11.1. The van der Waals surface area contributed by atoms with Crippen molar-refractivity contribution in [2.75, 3.05) is 5.73 Å². The summed E-state index contributed by atoms with van der Waals surface area (Å²) in [5, 5.41) is 4.34. The van der Waals surface area contributed by atoms with Crippen LogP contribution >= 0.6 is 11.6 Å². The summed E-state index contributed by atoms with van der Waals surface area (Å²) in [5.74, 6) is 0. The molecule has 90 valence electrons. The first kappa shape index (κ1) is 11.9. The third kappa shape index (κ3) is 2.39. The summed E-state index contributed by atoms with van der Waals surface area (Å²) in [6.07, 6.45) is -1.43. The second kappa shape index (κ2) is 4.71. The summed E-state index contributed by atoms with van der Waals surface area (Å²) >= 11 is 5.95. The Morgan fingerprint density at radius 2 is 2.06 bits per heavy atom. The predicted octanol–water partition coefficient (Wildman–Crippen LogP) is 3.10. The van der Waals surface area contributed by atoms with E-state index in [-0.39, 0.29) is 17.9 Å². The molecule has 2 rings (SSSR count). The van der Waals surface area contributed by atoms with Gasteiger partial charge in [0.1, 0.15) is 5.69 Å². The molecule has 0 bridgehead atoms. The van der Waals surface area contributed by atoms with E-state index in [1.165, 1.54) is 10.9 Å². The third-order valence-electron chi connectivity index (χ3n) is 2.39.